The van der Waals surface area contributed by atoms with Crippen LogP contribution in [0.25, 0.3) is 0 Å². The fourth-order valence-electron chi connectivity index (χ4n) is 5.19. The van der Waals surface area contributed by atoms with Crippen LogP contribution < -0.4 is 28.4 Å². The van der Waals surface area contributed by atoms with E-state index in [1.165, 1.54) is 26.4 Å². The first-order valence-electron chi connectivity index (χ1n) is 14.2. The lowest BCUT2D eigenvalue weighted by Gasteiger charge is -2.39. The third-order valence-electron chi connectivity index (χ3n) is 7.80. The number of carbonyl (C=O) groups excluding carboxylic acids is 2. The lowest BCUT2D eigenvalue weighted by molar-refractivity contribution is -0.277. The van der Waals surface area contributed by atoms with Gasteiger partial charge in [0, 0.05) is 11.1 Å². The van der Waals surface area contributed by atoms with Crippen molar-refractivity contribution in [2.24, 2.45) is 0 Å². The van der Waals surface area contributed by atoms with Crippen LogP contribution in [0, 0.1) is 0 Å². The molecule has 0 saturated carbocycles. The van der Waals surface area contributed by atoms with Crippen LogP contribution >= 0.6 is 0 Å². The van der Waals surface area contributed by atoms with Crippen molar-refractivity contribution < 1.29 is 88.3 Å². The van der Waals surface area contributed by atoms with Gasteiger partial charge in [-0.1, -0.05) is 0 Å². The highest BCUT2D eigenvalue weighted by Crippen LogP contribution is 2.44. The summed E-state index contributed by atoms with van der Waals surface area (Å²) >= 11 is 0. The Hall–Kier alpha value is -3.82. The molecule has 0 bridgehead atoms. The monoisotopic (exact) mass is 670 g/mol. The highest BCUT2D eigenvalue weighted by molar-refractivity contribution is 6.49. The molecule has 2 saturated heterocycles. The summed E-state index contributed by atoms with van der Waals surface area (Å²) in [5.41, 5.74) is -0.564. The molecule has 0 aromatic heterocycles. The van der Waals surface area contributed by atoms with Crippen molar-refractivity contribution in [2.45, 2.75) is 61.4 Å². The topological polar surface area (TPSA) is 270 Å². The van der Waals surface area contributed by atoms with Crippen molar-refractivity contribution >= 4 is 11.6 Å². The van der Waals surface area contributed by atoms with Gasteiger partial charge in [-0.15, -0.1) is 0 Å². The number of methoxy groups -OCH3 is 2. The van der Waals surface area contributed by atoms with Crippen molar-refractivity contribution in [1.82, 2.24) is 0 Å². The molecule has 0 radical (unpaired) electrons. The van der Waals surface area contributed by atoms with E-state index in [1.54, 1.807) is 0 Å². The SMILES string of the molecule is COc1cc(C(=O)C(=O)c2cc3c(c(O[C@@H]4O[C@H](CO)[C@@H](O)[C@H](O)[C@H]4O)c2)OCO3)cc(O[C@@H]2O[C@H](CO)[C@@H](O)[C@H](O)[C@H]2O)c1OC. The summed E-state index contributed by atoms with van der Waals surface area (Å²) in [5, 5.41) is 80.3. The zero-order chi connectivity index (χ0) is 34.2. The highest BCUT2D eigenvalue weighted by atomic mass is 16.7. The van der Waals surface area contributed by atoms with E-state index in [2.05, 4.69) is 0 Å². The van der Waals surface area contributed by atoms with Gasteiger partial charge in [-0.05, 0) is 24.3 Å². The number of ketones is 2. The fraction of sp³-hybridized carbons (Fsp3) is 0.517. The molecular weight excluding hydrogens is 636 g/mol. The van der Waals surface area contributed by atoms with Gasteiger partial charge in [-0.25, -0.2) is 0 Å². The summed E-state index contributed by atoms with van der Waals surface area (Å²) in [6.07, 6.45) is -16.3. The first kappa shape index (κ1) is 34.5. The van der Waals surface area contributed by atoms with E-state index >= 15 is 0 Å². The van der Waals surface area contributed by atoms with Crippen molar-refractivity contribution in [3.63, 3.8) is 0 Å². The number of aliphatic hydroxyl groups is 8. The van der Waals surface area contributed by atoms with E-state index in [0.29, 0.717) is 0 Å². The first-order chi connectivity index (χ1) is 22.4. The summed E-state index contributed by atoms with van der Waals surface area (Å²) in [4.78, 5) is 27.1. The number of rotatable bonds is 11. The number of hydrogen-bond donors (Lipinski definition) is 8. The molecule has 3 heterocycles. The minimum Gasteiger partial charge on any atom is -0.493 e. The Bertz CT molecular complexity index is 1460. The van der Waals surface area contributed by atoms with Gasteiger partial charge in [0.1, 0.15) is 48.8 Å². The van der Waals surface area contributed by atoms with Gasteiger partial charge in [0.25, 0.3) is 0 Å². The Morgan fingerprint density at radius 2 is 1.15 bits per heavy atom. The molecule has 0 spiro atoms. The minimum atomic E-state index is -1.81. The number of Topliss-reactive ketones (excluding diaryl/α,β-unsaturated/α-hetero) is 2. The smallest absolute Gasteiger partial charge is 0.233 e. The van der Waals surface area contributed by atoms with E-state index in [-0.39, 0.29) is 52.4 Å². The van der Waals surface area contributed by atoms with Gasteiger partial charge in [-0.2, -0.15) is 0 Å². The van der Waals surface area contributed by atoms with E-state index in [4.69, 9.17) is 37.9 Å². The Morgan fingerprint density at radius 1 is 0.660 bits per heavy atom. The first-order valence-corrected chi connectivity index (χ1v) is 14.2. The molecule has 10 atom stereocenters. The maximum absolute atomic E-state index is 13.6. The Labute approximate surface area is 265 Å². The maximum atomic E-state index is 13.6. The summed E-state index contributed by atoms with van der Waals surface area (Å²) in [5.74, 6) is -2.93. The van der Waals surface area contributed by atoms with Crippen molar-refractivity contribution in [2.75, 3.05) is 34.2 Å². The molecule has 258 valence electrons. The molecule has 2 aromatic rings. The minimum absolute atomic E-state index is 0.0119. The van der Waals surface area contributed by atoms with Crippen LogP contribution in [-0.4, -0.2) is 148 Å². The molecule has 8 N–H and O–H groups in total. The van der Waals surface area contributed by atoms with Crippen molar-refractivity contribution in [3.8, 4) is 34.5 Å². The molecular formula is C29H34O18. The normalized spacial score (nSPS) is 31.6. The van der Waals surface area contributed by atoms with Gasteiger partial charge in [0.15, 0.2) is 23.0 Å². The standard InChI is InChI=1S/C29H34O18/c1-40-12-3-10(5-14(26(12)41-2)44-28-24(38)22(36)20(34)16(7-30)46-28)18(32)19(33)11-4-13-27(43-9-42-13)15(6-11)45-29-25(39)23(37)21(35)17(8-31)47-29/h3-6,16-17,20-25,28-31,34-39H,7-9H2,1-2H3/t16-,17-,20-,21-,22+,23+,24-,25-,28-,29-/m1/s1. The molecule has 0 amide bonds. The van der Waals surface area contributed by atoms with Crippen LogP contribution in [-0.2, 0) is 9.47 Å². The molecule has 2 fully saturated rings. The van der Waals surface area contributed by atoms with Gasteiger partial charge in [0.05, 0.1) is 27.4 Å². The van der Waals surface area contributed by atoms with Crippen LogP contribution in [0.2, 0.25) is 0 Å². The predicted octanol–water partition coefficient (Wildman–Crippen LogP) is -3.14. The molecule has 18 nitrogen and oxygen atoms in total. The quantitative estimate of drug-likeness (QED) is 0.0866. The van der Waals surface area contributed by atoms with E-state index in [9.17, 15) is 50.4 Å². The average molecular weight is 671 g/mol. The van der Waals surface area contributed by atoms with E-state index < -0.39 is 86.2 Å². The second-order valence-electron chi connectivity index (χ2n) is 10.7. The lowest BCUT2D eigenvalue weighted by atomic mass is 9.98. The van der Waals surface area contributed by atoms with Crippen LogP contribution in [0.15, 0.2) is 24.3 Å². The number of aliphatic hydroxyl groups excluding tert-OH is 8. The molecule has 3 aliphatic heterocycles. The molecule has 0 aliphatic carbocycles. The second-order valence-corrected chi connectivity index (χ2v) is 10.7. The Kier molecular flexibility index (Phi) is 10.4. The number of hydrogen-bond acceptors (Lipinski definition) is 18. The Balaban J connectivity index is 1.45. The van der Waals surface area contributed by atoms with E-state index in [1.807, 2.05) is 0 Å². The van der Waals surface area contributed by atoms with Crippen LogP contribution in [0.3, 0.4) is 0 Å². The molecule has 3 aliphatic rings. The number of carbonyl (C=O) groups is 2. The van der Waals surface area contributed by atoms with Crippen LogP contribution in [0.4, 0.5) is 0 Å². The lowest BCUT2D eigenvalue weighted by Crippen LogP contribution is -2.60. The molecule has 0 unspecified atom stereocenters. The number of benzene rings is 2. The van der Waals surface area contributed by atoms with Crippen LogP contribution in [0.1, 0.15) is 20.7 Å². The van der Waals surface area contributed by atoms with Gasteiger partial charge < -0.3 is 78.7 Å². The summed E-state index contributed by atoms with van der Waals surface area (Å²) in [7, 11) is 2.49. The molecule has 2 aromatic carbocycles. The zero-order valence-electron chi connectivity index (χ0n) is 24.9. The fourth-order valence-corrected chi connectivity index (χ4v) is 5.19. The largest absolute Gasteiger partial charge is 0.493 e. The zero-order valence-corrected chi connectivity index (χ0v) is 24.9. The van der Waals surface area contributed by atoms with Gasteiger partial charge in [-0.3, -0.25) is 9.59 Å². The number of ether oxygens (including phenoxy) is 8. The molecule has 18 heteroatoms. The van der Waals surface area contributed by atoms with Gasteiger partial charge >= 0.3 is 0 Å². The van der Waals surface area contributed by atoms with Crippen molar-refractivity contribution in [1.29, 1.82) is 0 Å². The third-order valence-corrected chi connectivity index (χ3v) is 7.80. The molecule has 47 heavy (non-hydrogen) atoms. The van der Waals surface area contributed by atoms with Crippen molar-refractivity contribution in [3.05, 3.63) is 35.4 Å². The Morgan fingerprint density at radius 3 is 1.66 bits per heavy atom. The molecule has 5 rings (SSSR count). The summed E-state index contributed by atoms with van der Waals surface area (Å²) < 4.78 is 43.5. The average Bonchev–Trinajstić information content (AvgIpc) is 3.56. The summed E-state index contributed by atoms with van der Waals surface area (Å²) in [6.45, 7) is -1.74. The predicted molar refractivity (Wildman–Crippen MR) is 150 cm³/mol. The third kappa shape index (κ3) is 6.52. The van der Waals surface area contributed by atoms with Crippen LogP contribution in [0.5, 0.6) is 34.5 Å². The number of fused-ring (bicyclic) bond motifs is 1. The summed E-state index contributed by atoms with van der Waals surface area (Å²) in [6, 6.07) is 4.56. The second kappa shape index (κ2) is 14.1. The van der Waals surface area contributed by atoms with E-state index in [0.717, 1.165) is 12.1 Å². The highest BCUT2D eigenvalue weighted by Gasteiger charge is 2.46. The van der Waals surface area contributed by atoms with Gasteiger partial charge in [0.2, 0.25) is 42.4 Å². The maximum Gasteiger partial charge on any atom is 0.233 e.